The zero-order valence-corrected chi connectivity index (χ0v) is 21.2. The molecule has 7 unspecified atom stereocenters. The highest BCUT2D eigenvalue weighted by Crippen LogP contribution is 2.78. The Morgan fingerprint density at radius 2 is 2.26 bits per heavy atom. The molecule has 2 heterocycles. The molecule has 0 aromatic rings. The first-order valence-electron chi connectivity index (χ1n) is 12.8. The van der Waals surface area contributed by atoms with Crippen LogP contribution in [-0.2, 0) is 9.53 Å². The quantitative estimate of drug-likeness (QED) is 0.425. The van der Waals surface area contributed by atoms with Crippen LogP contribution in [0, 0.1) is 46.3 Å². The zero-order chi connectivity index (χ0) is 25.0. The largest absolute Gasteiger partial charge is 0.478 e. The van der Waals surface area contributed by atoms with Gasteiger partial charge in [0.2, 0.25) is 0 Å². The van der Waals surface area contributed by atoms with Gasteiger partial charge in [0.05, 0.1) is 18.7 Å². The van der Waals surface area contributed by atoms with Crippen molar-refractivity contribution >= 4 is 11.9 Å². The van der Waals surface area contributed by atoms with Crippen LogP contribution in [0.2, 0.25) is 0 Å². The predicted octanol–water partition coefficient (Wildman–Crippen LogP) is 1.44. The van der Waals surface area contributed by atoms with Crippen LogP contribution in [0.4, 0.5) is 0 Å². The van der Waals surface area contributed by atoms with Crippen molar-refractivity contribution in [3.8, 4) is 11.8 Å². The Bertz CT molecular complexity index is 1060. The van der Waals surface area contributed by atoms with Crippen molar-refractivity contribution in [3.05, 3.63) is 23.4 Å². The lowest BCUT2D eigenvalue weighted by Gasteiger charge is -2.62. The van der Waals surface area contributed by atoms with Crippen molar-refractivity contribution in [2.24, 2.45) is 39.5 Å². The van der Waals surface area contributed by atoms with Gasteiger partial charge in [0.25, 0.3) is 0 Å². The van der Waals surface area contributed by atoms with E-state index < -0.39 is 17.0 Å². The number of hydrogen-bond acceptors (Lipinski definition) is 5. The molecule has 0 amide bonds. The summed E-state index contributed by atoms with van der Waals surface area (Å²) >= 11 is 0. The smallest absolute Gasteiger partial charge is 0.334 e. The van der Waals surface area contributed by atoms with Gasteiger partial charge in [0.15, 0.2) is 5.96 Å². The van der Waals surface area contributed by atoms with Gasteiger partial charge in [0, 0.05) is 49.7 Å². The highest BCUT2D eigenvalue weighted by Gasteiger charge is 2.76. The molecule has 3 aliphatic carbocycles. The minimum absolute atomic E-state index is 0.00650. The number of aliphatic hydroxyl groups is 1. The van der Waals surface area contributed by atoms with Gasteiger partial charge in [-0.15, -0.1) is 0 Å². The van der Waals surface area contributed by atoms with E-state index in [0.29, 0.717) is 32.5 Å². The van der Waals surface area contributed by atoms with Gasteiger partial charge in [-0.2, -0.15) is 0 Å². The van der Waals surface area contributed by atoms with E-state index in [0.717, 1.165) is 24.5 Å². The minimum Gasteiger partial charge on any atom is -0.478 e. The molecule has 0 aromatic heterocycles. The zero-order valence-electron chi connectivity index (χ0n) is 21.2. The summed E-state index contributed by atoms with van der Waals surface area (Å²) in [6.45, 7) is 6.58. The van der Waals surface area contributed by atoms with Gasteiger partial charge in [-0.3, -0.25) is 4.99 Å². The molecule has 2 spiro atoms. The molecular formula is C27H38N4O4. The monoisotopic (exact) mass is 482 g/mol. The van der Waals surface area contributed by atoms with E-state index in [1.54, 1.807) is 7.05 Å². The molecule has 2 saturated carbocycles. The van der Waals surface area contributed by atoms with Gasteiger partial charge < -0.3 is 30.5 Å². The van der Waals surface area contributed by atoms with Crippen LogP contribution in [0.5, 0.6) is 0 Å². The molecule has 0 saturated heterocycles. The van der Waals surface area contributed by atoms with Crippen LogP contribution in [0.1, 0.15) is 33.1 Å². The lowest BCUT2D eigenvalue weighted by atomic mass is 9.44. The molecule has 0 aromatic carbocycles. The molecule has 0 radical (unpaired) electrons. The number of ether oxygens (including phenoxy) is 1. The van der Waals surface area contributed by atoms with E-state index in [1.807, 2.05) is 14.0 Å². The average Bonchev–Trinajstić information content (AvgIpc) is 3.19. The lowest BCUT2D eigenvalue weighted by Crippen LogP contribution is -2.64. The molecule has 5 aliphatic rings. The van der Waals surface area contributed by atoms with Gasteiger partial charge in [-0.25, -0.2) is 4.79 Å². The first-order chi connectivity index (χ1) is 16.8. The van der Waals surface area contributed by atoms with Crippen molar-refractivity contribution in [2.75, 3.05) is 46.9 Å². The molecule has 8 nitrogen and oxygen atoms in total. The van der Waals surface area contributed by atoms with Crippen molar-refractivity contribution < 1.29 is 19.7 Å². The first-order valence-corrected chi connectivity index (χ1v) is 12.8. The maximum Gasteiger partial charge on any atom is 0.334 e. The maximum atomic E-state index is 12.8. The summed E-state index contributed by atoms with van der Waals surface area (Å²) < 4.78 is 5.70. The Labute approximate surface area is 207 Å². The van der Waals surface area contributed by atoms with E-state index in [4.69, 9.17) is 4.74 Å². The summed E-state index contributed by atoms with van der Waals surface area (Å²) in [5.41, 5.74) is -1.15. The summed E-state index contributed by atoms with van der Waals surface area (Å²) in [6.07, 6.45) is 6.33. The third-order valence-electron chi connectivity index (χ3n) is 9.61. The first kappa shape index (κ1) is 24.4. The minimum atomic E-state index is -1.50. The maximum absolute atomic E-state index is 12.8. The highest BCUT2D eigenvalue weighted by atomic mass is 16.5. The molecular weight excluding hydrogens is 444 g/mol. The Morgan fingerprint density at radius 3 is 2.94 bits per heavy atom. The van der Waals surface area contributed by atoms with Crippen LogP contribution in [0.25, 0.3) is 0 Å². The number of nitrogens with zero attached hydrogens (tertiary/aromatic N) is 2. The predicted molar refractivity (Wildman–Crippen MR) is 133 cm³/mol. The Hall–Kier alpha value is -2.34. The molecule has 190 valence electrons. The van der Waals surface area contributed by atoms with E-state index in [-0.39, 0.29) is 41.3 Å². The average molecular weight is 483 g/mol. The van der Waals surface area contributed by atoms with E-state index in [2.05, 4.69) is 51.6 Å². The highest BCUT2D eigenvalue weighted by molar-refractivity contribution is 5.92. The number of aliphatic carboxylic acids is 1. The molecule has 7 atom stereocenters. The molecule has 5 bridgehead atoms. The third kappa shape index (κ3) is 3.18. The van der Waals surface area contributed by atoms with Crippen LogP contribution < -0.4 is 10.6 Å². The molecule has 4 N–H and O–H groups in total. The van der Waals surface area contributed by atoms with Crippen molar-refractivity contribution in [3.63, 3.8) is 0 Å². The summed E-state index contributed by atoms with van der Waals surface area (Å²) in [5, 5.41) is 29.2. The van der Waals surface area contributed by atoms with Crippen molar-refractivity contribution in [2.45, 2.75) is 38.7 Å². The number of carboxylic acids is 1. The number of allylic oxidation sites excluding steroid dienone is 1. The lowest BCUT2D eigenvalue weighted by molar-refractivity contribution is -0.141. The molecule has 2 fully saturated rings. The Kier molecular flexibility index (Phi) is 6.02. The fraction of sp³-hybridized carbons (Fsp3) is 0.704. The second-order valence-corrected chi connectivity index (χ2v) is 10.9. The van der Waals surface area contributed by atoms with Crippen molar-refractivity contribution in [1.29, 1.82) is 0 Å². The Balaban J connectivity index is 1.79. The number of carboxylic acid groups (broad SMARTS) is 1. The van der Waals surface area contributed by atoms with Crippen LogP contribution in [0.15, 0.2) is 28.4 Å². The molecule has 5 rings (SSSR count). The van der Waals surface area contributed by atoms with Gasteiger partial charge >= 0.3 is 5.97 Å². The summed E-state index contributed by atoms with van der Waals surface area (Å²) in [4.78, 5) is 19.5. The van der Waals surface area contributed by atoms with Gasteiger partial charge in [-0.1, -0.05) is 24.8 Å². The van der Waals surface area contributed by atoms with E-state index in [1.165, 1.54) is 0 Å². The second-order valence-electron chi connectivity index (χ2n) is 10.9. The standard InChI is InChI=1S/C27H38N4O4/c1-5-35-16-25(34)14-26-17(2)11-18-7-6-9-30-24(29-4)31-10-8-19(13-28-3)27(26,15-31)20(18)12-21(26)22(25)23(32)33/h8,10,17-20,28,34H,5,9,11-16H2,1-4H3,(H,29,30)(H,32,33). The number of carbonyl (C=O) groups is 1. The molecule has 35 heavy (non-hydrogen) atoms. The van der Waals surface area contributed by atoms with Crippen LogP contribution in [0.3, 0.4) is 0 Å². The van der Waals surface area contributed by atoms with E-state index in [9.17, 15) is 15.0 Å². The number of fused-ring (bicyclic) bond motifs is 1. The van der Waals surface area contributed by atoms with E-state index >= 15 is 0 Å². The summed E-state index contributed by atoms with van der Waals surface area (Å²) in [7, 11) is 3.76. The SMILES string of the molecule is CCOCC1(O)CC23C(=C1C(=O)O)CC1C(C#CCNC(=NC)N4C=CC(CNC)C12C4)CC3C. The molecule has 8 heteroatoms. The fourth-order valence-electron chi connectivity index (χ4n) is 8.61. The molecule has 2 aliphatic heterocycles. The van der Waals surface area contributed by atoms with Crippen LogP contribution >= 0.6 is 0 Å². The van der Waals surface area contributed by atoms with Gasteiger partial charge in [0.1, 0.15) is 5.60 Å². The number of nitrogens with one attached hydrogen (secondary N) is 2. The number of hydrogen-bond donors (Lipinski definition) is 4. The van der Waals surface area contributed by atoms with Crippen LogP contribution in [-0.4, -0.2) is 79.6 Å². The summed E-state index contributed by atoms with van der Waals surface area (Å²) in [6, 6.07) is 0. The van der Waals surface area contributed by atoms with Crippen molar-refractivity contribution in [1.82, 2.24) is 15.5 Å². The fourth-order valence-corrected chi connectivity index (χ4v) is 8.61. The number of rotatable bonds is 6. The number of guanidine groups is 1. The normalized spacial score (nSPS) is 42.4. The topological polar surface area (TPSA) is 106 Å². The Morgan fingerprint density at radius 1 is 1.46 bits per heavy atom. The second kappa shape index (κ2) is 8.65. The summed E-state index contributed by atoms with van der Waals surface area (Å²) in [5.74, 6) is 7.40. The number of aliphatic imine (C=N–C) groups is 1. The van der Waals surface area contributed by atoms with Gasteiger partial charge in [-0.05, 0) is 56.6 Å². The third-order valence-corrected chi connectivity index (χ3v) is 9.61.